The van der Waals surface area contributed by atoms with Crippen LogP contribution >= 0.6 is 11.3 Å². The maximum atomic E-state index is 2.49. The number of nitrogens with zero attached hydrogens (tertiary/aromatic N) is 1. The van der Waals surface area contributed by atoms with Crippen molar-refractivity contribution in [3.8, 4) is 33.4 Å². The molecule has 0 bridgehead atoms. The highest BCUT2D eigenvalue weighted by atomic mass is 32.1. The van der Waals surface area contributed by atoms with Gasteiger partial charge in [-0.25, -0.2) is 0 Å². The van der Waals surface area contributed by atoms with Gasteiger partial charge in [-0.15, -0.1) is 11.3 Å². The molecule has 0 radical (unpaired) electrons. The van der Waals surface area contributed by atoms with Crippen LogP contribution in [0, 0.1) is 0 Å². The van der Waals surface area contributed by atoms with Crippen LogP contribution < -0.4 is 4.90 Å². The fraction of sp³-hybridized carbons (Fsp3) is 0.0182. The van der Waals surface area contributed by atoms with E-state index in [0.717, 1.165) is 11.4 Å². The summed E-state index contributed by atoms with van der Waals surface area (Å²) in [4.78, 5) is 2.45. The first kappa shape index (κ1) is 33.3. The summed E-state index contributed by atoms with van der Waals surface area (Å²) in [5, 5.41) is 2.54. The number of hydrogen-bond acceptors (Lipinski definition) is 2. The van der Waals surface area contributed by atoms with E-state index in [1.165, 1.54) is 81.5 Å². The third kappa shape index (κ3) is 5.37. The molecule has 1 aromatic heterocycles. The van der Waals surface area contributed by atoms with Crippen molar-refractivity contribution in [3.63, 3.8) is 0 Å². The molecular weight excluding hydrogens is 707 g/mol. The minimum atomic E-state index is -0.448. The van der Waals surface area contributed by atoms with Gasteiger partial charge in [0.2, 0.25) is 0 Å². The molecule has 1 aliphatic carbocycles. The van der Waals surface area contributed by atoms with Gasteiger partial charge < -0.3 is 4.90 Å². The van der Waals surface area contributed by atoms with Crippen molar-refractivity contribution in [3.05, 3.63) is 247 Å². The highest BCUT2D eigenvalue weighted by molar-refractivity contribution is 7.26. The zero-order valence-corrected chi connectivity index (χ0v) is 32.0. The molecule has 9 aromatic carbocycles. The van der Waals surface area contributed by atoms with Gasteiger partial charge in [-0.05, 0) is 98.1 Å². The van der Waals surface area contributed by atoms with E-state index in [1.54, 1.807) is 0 Å². The van der Waals surface area contributed by atoms with Crippen molar-refractivity contribution in [1.29, 1.82) is 0 Å². The van der Waals surface area contributed by atoms with E-state index in [1.807, 2.05) is 11.3 Å². The highest BCUT2D eigenvalue weighted by Crippen LogP contribution is 2.57. The molecule has 0 saturated carbocycles. The molecule has 0 aliphatic heterocycles. The Kier molecular flexibility index (Phi) is 7.98. The average molecular weight is 744 g/mol. The van der Waals surface area contributed by atoms with Crippen LogP contribution in [0.5, 0.6) is 0 Å². The summed E-state index contributed by atoms with van der Waals surface area (Å²) in [6.07, 6.45) is 0. The van der Waals surface area contributed by atoms with E-state index < -0.39 is 5.41 Å². The van der Waals surface area contributed by atoms with Gasteiger partial charge in [-0.1, -0.05) is 182 Å². The fourth-order valence-electron chi connectivity index (χ4n) is 9.24. The number of benzene rings is 9. The Balaban J connectivity index is 1.14. The van der Waals surface area contributed by atoms with E-state index in [4.69, 9.17) is 0 Å². The van der Waals surface area contributed by atoms with Crippen LogP contribution in [0.15, 0.2) is 224 Å². The summed E-state index contributed by atoms with van der Waals surface area (Å²) < 4.78 is 2.54. The van der Waals surface area contributed by atoms with E-state index >= 15 is 0 Å². The molecule has 2 heteroatoms. The first-order chi connectivity index (χ1) is 28.3. The van der Waals surface area contributed by atoms with Crippen molar-refractivity contribution in [1.82, 2.24) is 0 Å². The molecule has 1 heterocycles. The minimum Gasteiger partial charge on any atom is -0.309 e. The molecule has 0 N–H and O–H groups in total. The van der Waals surface area contributed by atoms with Crippen LogP contribution in [0.2, 0.25) is 0 Å². The summed E-state index contributed by atoms with van der Waals surface area (Å²) >= 11 is 1.88. The lowest BCUT2D eigenvalue weighted by Gasteiger charge is -2.34. The van der Waals surface area contributed by atoms with Gasteiger partial charge >= 0.3 is 0 Å². The highest BCUT2D eigenvalue weighted by Gasteiger charge is 2.46. The molecule has 11 rings (SSSR count). The Hall–Kier alpha value is -7.00. The molecule has 268 valence electrons. The van der Waals surface area contributed by atoms with Gasteiger partial charge in [0.05, 0.1) is 15.8 Å². The Morgan fingerprint density at radius 3 is 1.46 bits per heavy atom. The first-order valence-electron chi connectivity index (χ1n) is 19.6. The van der Waals surface area contributed by atoms with Crippen molar-refractivity contribution in [2.75, 3.05) is 4.90 Å². The van der Waals surface area contributed by atoms with E-state index in [2.05, 4.69) is 229 Å². The summed E-state index contributed by atoms with van der Waals surface area (Å²) in [7, 11) is 0. The zero-order valence-electron chi connectivity index (χ0n) is 31.2. The predicted molar refractivity (Wildman–Crippen MR) is 242 cm³/mol. The molecule has 1 aliphatic rings. The van der Waals surface area contributed by atoms with Gasteiger partial charge in [0.1, 0.15) is 0 Å². The third-order valence-corrected chi connectivity index (χ3v) is 12.9. The smallest absolute Gasteiger partial charge is 0.0713 e. The number of fused-ring (bicyclic) bond motifs is 6. The van der Waals surface area contributed by atoms with Crippen molar-refractivity contribution in [2.24, 2.45) is 0 Å². The predicted octanol–water partition coefficient (Wildman–Crippen LogP) is 15.2. The molecule has 0 atom stereocenters. The van der Waals surface area contributed by atoms with Crippen LogP contribution in [0.3, 0.4) is 0 Å². The second-order valence-corrected chi connectivity index (χ2v) is 15.9. The summed E-state index contributed by atoms with van der Waals surface area (Å²) in [5.74, 6) is 0. The summed E-state index contributed by atoms with van der Waals surface area (Å²) in [6, 6.07) is 82.4. The van der Waals surface area contributed by atoms with Crippen LogP contribution in [-0.4, -0.2) is 0 Å². The van der Waals surface area contributed by atoms with Crippen LogP contribution in [0.1, 0.15) is 22.3 Å². The molecule has 0 fully saturated rings. The Bertz CT molecular complexity index is 2940. The molecular formula is C55H37NS. The molecule has 0 unspecified atom stereocenters. The van der Waals surface area contributed by atoms with Gasteiger partial charge in [0, 0.05) is 26.8 Å². The van der Waals surface area contributed by atoms with E-state index in [9.17, 15) is 0 Å². The molecule has 57 heavy (non-hydrogen) atoms. The lowest BCUT2D eigenvalue weighted by atomic mass is 9.67. The van der Waals surface area contributed by atoms with Crippen LogP contribution in [-0.2, 0) is 5.41 Å². The first-order valence-corrected chi connectivity index (χ1v) is 20.4. The van der Waals surface area contributed by atoms with Crippen molar-refractivity contribution in [2.45, 2.75) is 5.41 Å². The largest absolute Gasteiger partial charge is 0.309 e. The SMILES string of the molecule is c1ccc(-c2cccc(N(c3cccc(-c4ccccc4)c3)c3cccc4c3sc3ccc(C5(c6ccccc6)c6ccccc6-c6ccccc65)cc34)c2)cc1. The number of anilines is 3. The van der Waals surface area contributed by atoms with Gasteiger partial charge in [-0.2, -0.15) is 0 Å². The summed E-state index contributed by atoms with van der Waals surface area (Å²) in [5.41, 5.74) is 15.6. The van der Waals surface area contributed by atoms with Gasteiger partial charge in [0.25, 0.3) is 0 Å². The number of hydrogen-bond donors (Lipinski definition) is 0. The second kappa shape index (κ2) is 13.6. The molecule has 10 aromatic rings. The maximum Gasteiger partial charge on any atom is 0.0713 e. The average Bonchev–Trinajstić information content (AvgIpc) is 3.82. The maximum absolute atomic E-state index is 2.49. The Morgan fingerprint density at radius 1 is 0.351 bits per heavy atom. The van der Waals surface area contributed by atoms with Crippen LogP contribution in [0.25, 0.3) is 53.6 Å². The quantitative estimate of drug-likeness (QED) is 0.157. The zero-order chi connectivity index (χ0) is 37.8. The topological polar surface area (TPSA) is 3.24 Å². The number of thiophene rings is 1. The molecule has 1 nitrogen and oxygen atoms in total. The van der Waals surface area contributed by atoms with Crippen molar-refractivity contribution < 1.29 is 0 Å². The monoisotopic (exact) mass is 743 g/mol. The normalized spacial score (nSPS) is 12.7. The number of rotatable bonds is 7. The molecule has 0 saturated heterocycles. The van der Waals surface area contributed by atoms with E-state index in [0.29, 0.717) is 0 Å². The molecule has 0 spiro atoms. The summed E-state index contributed by atoms with van der Waals surface area (Å²) in [6.45, 7) is 0. The Morgan fingerprint density at radius 2 is 0.860 bits per heavy atom. The lowest BCUT2D eigenvalue weighted by Crippen LogP contribution is -2.28. The molecule has 0 amide bonds. The Labute approximate surface area is 337 Å². The second-order valence-electron chi connectivity index (χ2n) is 14.8. The van der Waals surface area contributed by atoms with Gasteiger partial charge in [0.15, 0.2) is 0 Å². The van der Waals surface area contributed by atoms with E-state index in [-0.39, 0.29) is 0 Å². The lowest BCUT2D eigenvalue weighted by molar-refractivity contribution is 0.770. The van der Waals surface area contributed by atoms with Crippen molar-refractivity contribution >= 4 is 48.6 Å². The minimum absolute atomic E-state index is 0.448. The van der Waals surface area contributed by atoms with Gasteiger partial charge in [-0.3, -0.25) is 0 Å². The fourth-order valence-corrected chi connectivity index (χ4v) is 10.4. The third-order valence-electron chi connectivity index (χ3n) is 11.7. The standard InChI is InChI=1S/C55H37NS/c1-4-17-38(18-5-1)40-21-14-25-44(35-40)56(45-26-15-22-41(36-45)39-19-6-2-7-20-39)52-32-16-29-48-49-37-43(33-34-53(49)57-54(48)52)55(42-23-8-3-9-24-42)50-30-12-10-27-46(50)47-28-11-13-31-51(47)55/h1-37H. The van der Waals surface area contributed by atoms with Crippen LogP contribution in [0.4, 0.5) is 17.1 Å².